The van der Waals surface area contributed by atoms with Crippen LogP contribution in [0.25, 0.3) is 33.8 Å². The van der Waals surface area contributed by atoms with E-state index in [1.165, 1.54) is 31.9 Å². The summed E-state index contributed by atoms with van der Waals surface area (Å²) in [6.07, 6.45) is 8.02. The third kappa shape index (κ3) is 5.63. The summed E-state index contributed by atoms with van der Waals surface area (Å²) in [6.45, 7) is 12.1. The molecule has 1 saturated carbocycles. The molecule has 2 aromatic heterocycles. The van der Waals surface area contributed by atoms with E-state index in [1.54, 1.807) is 7.11 Å². The van der Waals surface area contributed by atoms with Crippen LogP contribution in [-0.4, -0.2) is 46.1 Å². The molecular formula is C38H45N3O5. The maximum absolute atomic E-state index is 13.3. The highest BCUT2D eigenvalue weighted by atomic mass is 16.6. The predicted octanol–water partition coefficient (Wildman–Crippen LogP) is 8.75. The van der Waals surface area contributed by atoms with E-state index < -0.39 is 11.6 Å². The number of ether oxygens (including phenoxy) is 3. The minimum Gasteiger partial charge on any atom is -0.497 e. The van der Waals surface area contributed by atoms with Crippen molar-refractivity contribution in [1.29, 1.82) is 0 Å². The largest absolute Gasteiger partial charge is 0.497 e. The molecule has 0 N–H and O–H groups in total. The van der Waals surface area contributed by atoms with Crippen LogP contribution in [0.2, 0.25) is 0 Å². The molecule has 2 aliphatic rings. The van der Waals surface area contributed by atoms with Crippen LogP contribution in [0.3, 0.4) is 0 Å². The van der Waals surface area contributed by atoms with Crippen molar-refractivity contribution in [2.24, 2.45) is 0 Å². The lowest BCUT2D eigenvalue weighted by Gasteiger charge is -2.24. The van der Waals surface area contributed by atoms with Gasteiger partial charge in [-0.2, -0.15) is 5.10 Å². The van der Waals surface area contributed by atoms with Gasteiger partial charge in [-0.15, -0.1) is 0 Å². The predicted molar refractivity (Wildman–Crippen MR) is 181 cm³/mol. The molecule has 242 valence electrons. The second kappa shape index (κ2) is 12.1. The highest BCUT2D eigenvalue weighted by Crippen LogP contribution is 2.48. The molecule has 1 aliphatic carbocycles. The lowest BCUT2D eigenvalue weighted by molar-refractivity contribution is 0.00694. The first-order valence-corrected chi connectivity index (χ1v) is 16.4. The molecule has 8 nitrogen and oxygen atoms in total. The first-order valence-electron chi connectivity index (χ1n) is 16.4. The van der Waals surface area contributed by atoms with Gasteiger partial charge in [-0.05, 0) is 108 Å². The average Bonchev–Trinajstić information content (AvgIpc) is 3.48. The number of carbonyl (C=O) groups excluding carboxylic acids is 2. The summed E-state index contributed by atoms with van der Waals surface area (Å²) in [7, 11) is 3.08. The van der Waals surface area contributed by atoms with E-state index in [2.05, 4.69) is 42.7 Å². The fraction of sp³-hybridized carbons (Fsp3) is 0.447. The first-order chi connectivity index (χ1) is 21.9. The van der Waals surface area contributed by atoms with E-state index in [0.717, 1.165) is 57.6 Å². The number of methoxy groups -OCH3 is 2. The lowest BCUT2D eigenvalue weighted by Crippen LogP contribution is -2.23. The summed E-state index contributed by atoms with van der Waals surface area (Å²) < 4.78 is 21.0. The summed E-state index contributed by atoms with van der Waals surface area (Å²) >= 11 is 0. The topological polar surface area (TPSA) is 84.6 Å². The van der Waals surface area contributed by atoms with Crippen LogP contribution in [-0.2, 0) is 16.0 Å². The Bertz CT molecular complexity index is 1860. The van der Waals surface area contributed by atoms with Crippen molar-refractivity contribution >= 4 is 34.5 Å². The van der Waals surface area contributed by atoms with Crippen LogP contribution < -0.4 is 4.74 Å². The van der Waals surface area contributed by atoms with Crippen LogP contribution in [0, 0.1) is 6.92 Å². The molecule has 0 amide bonds. The Labute approximate surface area is 271 Å². The van der Waals surface area contributed by atoms with Gasteiger partial charge < -0.3 is 18.8 Å². The molecule has 4 aromatic rings. The number of rotatable bonds is 6. The molecule has 0 unspecified atom stereocenters. The molecule has 3 heterocycles. The number of nitrogens with zero attached hydrogens (tertiary/aromatic N) is 3. The van der Waals surface area contributed by atoms with Crippen LogP contribution in [0.4, 0.5) is 0 Å². The van der Waals surface area contributed by atoms with Gasteiger partial charge in [-0.3, -0.25) is 4.68 Å². The number of benzene rings is 2. The highest BCUT2D eigenvalue weighted by Gasteiger charge is 2.32. The summed E-state index contributed by atoms with van der Waals surface area (Å²) in [4.78, 5) is 26.6. The van der Waals surface area contributed by atoms with Crippen molar-refractivity contribution in [3.8, 4) is 17.0 Å². The smallest absolute Gasteiger partial charge is 0.341 e. The minimum absolute atomic E-state index is 0.0492. The Kier molecular flexibility index (Phi) is 8.34. The number of fused-ring (bicyclic) bond motifs is 5. The molecule has 1 aliphatic heterocycles. The molecule has 6 rings (SSSR count). The summed E-state index contributed by atoms with van der Waals surface area (Å²) in [5.41, 5.74) is 8.13. The number of hydrogen-bond donors (Lipinski definition) is 0. The van der Waals surface area contributed by atoms with Crippen molar-refractivity contribution in [2.75, 3.05) is 14.2 Å². The highest BCUT2D eigenvalue weighted by molar-refractivity contribution is 6.03. The van der Waals surface area contributed by atoms with Crippen molar-refractivity contribution in [3.63, 3.8) is 0 Å². The molecule has 46 heavy (non-hydrogen) atoms. The van der Waals surface area contributed by atoms with Crippen LogP contribution in [0.5, 0.6) is 5.75 Å². The maximum atomic E-state index is 13.3. The first kappa shape index (κ1) is 31.6. The normalized spacial score (nSPS) is 15.3. The zero-order valence-electron chi connectivity index (χ0n) is 28.3. The van der Waals surface area contributed by atoms with Crippen LogP contribution in [0.15, 0.2) is 36.4 Å². The van der Waals surface area contributed by atoms with Crippen molar-refractivity contribution in [1.82, 2.24) is 14.3 Å². The maximum Gasteiger partial charge on any atom is 0.341 e. The molecule has 8 heteroatoms. The number of aromatic nitrogens is 3. The quantitative estimate of drug-likeness (QED) is 0.200. The van der Waals surface area contributed by atoms with Gasteiger partial charge in [0, 0.05) is 28.1 Å². The number of carbonyl (C=O) groups is 2. The fourth-order valence-electron chi connectivity index (χ4n) is 7.24. The Morgan fingerprint density at radius 2 is 1.72 bits per heavy atom. The lowest BCUT2D eigenvalue weighted by atomic mass is 9.81. The standard InChI is InChI=1S/C38H45N3O5/c1-22(2)41-23(3)32(37(43)45-8)34(39-41)27-18-26-19-28(44-7)15-17-29(26)35-33(24-12-10-9-11-13-24)30-16-14-25(20-31(30)40(35)21-27)36(42)46-38(4,5)6/h14-20,22,24H,9-13,21H2,1-8H3. The van der Waals surface area contributed by atoms with E-state index >= 15 is 0 Å². The molecule has 0 saturated heterocycles. The van der Waals surface area contributed by atoms with Crippen molar-refractivity contribution in [3.05, 3.63) is 70.0 Å². The molecule has 0 atom stereocenters. The zero-order chi connectivity index (χ0) is 32.9. The van der Waals surface area contributed by atoms with E-state index in [0.29, 0.717) is 29.3 Å². The third-order valence-corrected chi connectivity index (χ3v) is 9.26. The SMILES string of the molecule is COC(=O)c1c(C2=Cc3cc(OC)ccc3-c3c(C4CCCCC4)c4ccc(C(=O)OC(C)(C)C)cc4n3C2)nn(C(C)C)c1C. The second-order valence-corrected chi connectivity index (χ2v) is 13.9. The molecular weight excluding hydrogens is 578 g/mol. The Morgan fingerprint density at radius 1 is 0.978 bits per heavy atom. The molecule has 1 fully saturated rings. The van der Waals surface area contributed by atoms with Crippen LogP contribution >= 0.6 is 0 Å². The van der Waals surface area contributed by atoms with Crippen molar-refractivity contribution < 1.29 is 23.8 Å². The van der Waals surface area contributed by atoms with Gasteiger partial charge in [-0.1, -0.05) is 25.3 Å². The fourth-order valence-corrected chi connectivity index (χ4v) is 7.24. The van der Waals surface area contributed by atoms with Gasteiger partial charge in [-0.25, -0.2) is 9.59 Å². The molecule has 0 bridgehead atoms. The molecule has 2 aromatic carbocycles. The van der Waals surface area contributed by atoms with Crippen molar-refractivity contribution in [2.45, 2.75) is 97.8 Å². The summed E-state index contributed by atoms with van der Waals surface area (Å²) in [5.74, 6) is 0.382. The average molecular weight is 624 g/mol. The zero-order valence-corrected chi connectivity index (χ0v) is 28.3. The van der Waals surface area contributed by atoms with Gasteiger partial charge in [0.15, 0.2) is 0 Å². The van der Waals surface area contributed by atoms with E-state index in [4.69, 9.17) is 19.3 Å². The van der Waals surface area contributed by atoms with Crippen LogP contribution in [0.1, 0.15) is 122 Å². The van der Waals surface area contributed by atoms with E-state index in [1.807, 2.05) is 50.6 Å². The minimum atomic E-state index is -0.610. The summed E-state index contributed by atoms with van der Waals surface area (Å²) in [6, 6.07) is 12.2. The van der Waals surface area contributed by atoms with Gasteiger partial charge in [0.05, 0.1) is 37.7 Å². The Balaban J connectivity index is 1.66. The van der Waals surface area contributed by atoms with Gasteiger partial charge in [0.1, 0.15) is 22.6 Å². The van der Waals surface area contributed by atoms with Gasteiger partial charge in [0.2, 0.25) is 0 Å². The Morgan fingerprint density at radius 3 is 2.37 bits per heavy atom. The number of allylic oxidation sites excluding steroid dienone is 1. The monoisotopic (exact) mass is 623 g/mol. The van der Waals surface area contributed by atoms with Gasteiger partial charge >= 0.3 is 11.9 Å². The second-order valence-electron chi connectivity index (χ2n) is 13.9. The molecule has 0 spiro atoms. The van der Waals surface area contributed by atoms with E-state index in [-0.39, 0.29) is 12.0 Å². The summed E-state index contributed by atoms with van der Waals surface area (Å²) in [5, 5.41) is 6.17. The third-order valence-electron chi connectivity index (χ3n) is 9.26. The molecule has 0 radical (unpaired) electrons. The van der Waals surface area contributed by atoms with E-state index in [9.17, 15) is 9.59 Å². The van der Waals surface area contributed by atoms with Gasteiger partial charge in [0.25, 0.3) is 0 Å². The number of esters is 2. The Hall–Kier alpha value is -4.33. The number of hydrogen-bond acceptors (Lipinski definition) is 6.